The molecule has 0 spiro atoms. The average Bonchev–Trinajstić information content (AvgIpc) is 2.41. The highest BCUT2D eigenvalue weighted by Gasteiger charge is 2.23. The maximum atomic E-state index is 6.13. The van der Waals surface area contributed by atoms with Crippen LogP contribution in [-0.4, -0.2) is 19.3 Å². The molecule has 1 aromatic rings. The molecule has 1 fully saturated rings. The van der Waals surface area contributed by atoms with Gasteiger partial charge in [-0.25, -0.2) is 0 Å². The van der Waals surface area contributed by atoms with Crippen LogP contribution in [0, 0.1) is 6.92 Å². The minimum Gasteiger partial charge on any atom is -0.490 e. The lowest BCUT2D eigenvalue weighted by Crippen LogP contribution is -2.29. The minimum atomic E-state index is 0.0697. The van der Waals surface area contributed by atoms with E-state index in [0.29, 0.717) is 6.10 Å². The highest BCUT2D eigenvalue weighted by Crippen LogP contribution is 2.28. The standard InChI is InChI=1S/C16H25NO2/c1-11-9-13(12(2)17)7-8-16(11)19-15-6-4-5-14(10-15)18-3/h7-9,12,14-15H,4-6,10,17H2,1-3H3/t12-,14?,15?/m0/s1. The highest BCUT2D eigenvalue weighted by atomic mass is 16.5. The van der Waals surface area contributed by atoms with Gasteiger partial charge in [-0.05, 0) is 50.3 Å². The van der Waals surface area contributed by atoms with E-state index in [4.69, 9.17) is 15.2 Å². The summed E-state index contributed by atoms with van der Waals surface area (Å²) in [5, 5.41) is 0. The Labute approximate surface area is 116 Å². The van der Waals surface area contributed by atoms with Gasteiger partial charge in [-0.3, -0.25) is 0 Å². The summed E-state index contributed by atoms with van der Waals surface area (Å²) in [5.41, 5.74) is 8.21. The van der Waals surface area contributed by atoms with Crippen molar-refractivity contribution in [2.75, 3.05) is 7.11 Å². The molecule has 19 heavy (non-hydrogen) atoms. The van der Waals surface area contributed by atoms with Crippen LogP contribution < -0.4 is 10.5 Å². The van der Waals surface area contributed by atoms with Gasteiger partial charge < -0.3 is 15.2 Å². The molecule has 0 heterocycles. The molecule has 1 aliphatic rings. The fourth-order valence-electron chi connectivity index (χ4n) is 2.69. The SMILES string of the molecule is COC1CCCC(Oc2ccc([C@H](C)N)cc2C)C1. The topological polar surface area (TPSA) is 44.5 Å². The second kappa shape index (κ2) is 6.40. The molecule has 106 valence electrons. The van der Waals surface area contributed by atoms with Gasteiger partial charge in [0.2, 0.25) is 0 Å². The van der Waals surface area contributed by atoms with Crippen molar-refractivity contribution >= 4 is 0 Å². The molecule has 1 aliphatic carbocycles. The molecule has 3 atom stereocenters. The first-order valence-corrected chi connectivity index (χ1v) is 7.15. The van der Waals surface area contributed by atoms with Crippen LogP contribution in [0.3, 0.4) is 0 Å². The van der Waals surface area contributed by atoms with Gasteiger partial charge in [0.1, 0.15) is 11.9 Å². The predicted octanol–water partition coefficient (Wildman–Crippen LogP) is 3.35. The van der Waals surface area contributed by atoms with Crippen molar-refractivity contribution in [3.05, 3.63) is 29.3 Å². The minimum absolute atomic E-state index is 0.0697. The van der Waals surface area contributed by atoms with Crippen LogP contribution in [0.25, 0.3) is 0 Å². The predicted molar refractivity (Wildman–Crippen MR) is 77.5 cm³/mol. The number of hydrogen-bond donors (Lipinski definition) is 1. The van der Waals surface area contributed by atoms with Crippen LogP contribution in [0.4, 0.5) is 0 Å². The Morgan fingerprint density at radius 3 is 2.63 bits per heavy atom. The Morgan fingerprint density at radius 1 is 1.26 bits per heavy atom. The van der Waals surface area contributed by atoms with Crippen molar-refractivity contribution in [3.8, 4) is 5.75 Å². The molecule has 0 aromatic heterocycles. The first kappa shape index (κ1) is 14.4. The molecule has 2 rings (SSSR count). The monoisotopic (exact) mass is 263 g/mol. The van der Waals surface area contributed by atoms with Crippen LogP contribution in [0.5, 0.6) is 5.75 Å². The lowest BCUT2D eigenvalue weighted by Gasteiger charge is -2.29. The van der Waals surface area contributed by atoms with Crippen LogP contribution in [0.1, 0.15) is 49.8 Å². The summed E-state index contributed by atoms with van der Waals surface area (Å²) in [7, 11) is 1.79. The number of rotatable bonds is 4. The Morgan fingerprint density at radius 2 is 2.00 bits per heavy atom. The van der Waals surface area contributed by atoms with E-state index >= 15 is 0 Å². The molecule has 0 bridgehead atoms. The van der Waals surface area contributed by atoms with E-state index in [1.165, 1.54) is 6.42 Å². The molecule has 2 N–H and O–H groups in total. The first-order chi connectivity index (χ1) is 9.10. The summed E-state index contributed by atoms with van der Waals surface area (Å²) >= 11 is 0. The molecule has 2 unspecified atom stereocenters. The normalized spacial score (nSPS) is 25.1. The lowest BCUT2D eigenvalue weighted by molar-refractivity contribution is 0.0207. The summed E-state index contributed by atoms with van der Waals surface area (Å²) in [5.74, 6) is 0.978. The third-order valence-electron chi connectivity index (χ3n) is 3.93. The van der Waals surface area contributed by atoms with E-state index in [0.717, 1.165) is 36.1 Å². The molecular formula is C16H25NO2. The lowest BCUT2D eigenvalue weighted by atomic mass is 9.94. The molecule has 1 aromatic carbocycles. The number of hydrogen-bond acceptors (Lipinski definition) is 3. The zero-order valence-corrected chi connectivity index (χ0v) is 12.2. The summed E-state index contributed by atoms with van der Waals surface area (Å²) < 4.78 is 11.6. The molecular weight excluding hydrogens is 238 g/mol. The van der Waals surface area contributed by atoms with Crippen LogP contribution in [0.2, 0.25) is 0 Å². The summed E-state index contributed by atoms with van der Waals surface area (Å²) in [6.07, 6.45) is 5.07. The number of methoxy groups -OCH3 is 1. The Bertz CT molecular complexity index is 417. The molecule has 1 saturated carbocycles. The van der Waals surface area contributed by atoms with Crippen molar-refractivity contribution < 1.29 is 9.47 Å². The molecule has 3 nitrogen and oxygen atoms in total. The zero-order valence-electron chi connectivity index (χ0n) is 12.2. The maximum absolute atomic E-state index is 6.13. The summed E-state index contributed by atoms with van der Waals surface area (Å²) in [6.45, 7) is 4.08. The van der Waals surface area contributed by atoms with E-state index < -0.39 is 0 Å². The maximum Gasteiger partial charge on any atom is 0.122 e. The van der Waals surface area contributed by atoms with Crippen molar-refractivity contribution in [1.29, 1.82) is 0 Å². The second-order valence-electron chi connectivity index (χ2n) is 5.58. The molecule has 0 radical (unpaired) electrons. The number of benzene rings is 1. The summed E-state index contributed by atoms with van der Waals surface area (Å²) in [6, 6.07) is 6.30. The average molecular weight is 263 g/mol. The van der Waals surface area contributed by atoms with Crippen LogP contribution in [-0.2, 0) is 4.74 Å². The van der Waals surface area contributed by atoms with Gasteiger partial charge in [-0.2, -0.15) is 0 Å². The Balaban J connectivity index is 2.02. The quantitative estimate of drug-likeness (QED) is 0.906. The van der Waals surface area contributed by atoms with Crippen molar-refractivity contribution in [1.82, 2.24) is 0 Å². The fraction of sp³-hybridized carbons (Fsp3) is 0.625. The fourth-order valence-corrected chi connectivity index (χ4v) is 2.69. The summed E-state index contributed by atoms with van der Waals surface area (Å²) in [4.78, 5) is 0. The first-order valence-electron chi connectivity index (χ1n) is 7.15. The van der Waals surface area contributed by atoms with Gasteiger partial charge in [-0.15, -0.1) is 0 Å². The highest BCUT2D eigenvalue weighted by molar-refractivity contribution is 5.37. The van der Waals surface area contributed by atoms with Crippen LogP contribution >= 0.6 is 0 Å². The van der Waals surface area contributed by atoms with E-state index in [1.807, 2.05) is 13.0 Å². The molecule has 0 saturated heterocycles. The third-order valence-corrected chi connectivity index (χ3v) is 3.93. The van der Waals surface area contributed by atoms with Gasteiger partial charge in [-0.1, -0.05) is 12.1 Å². The zero-order chi connectivity index (χ0) is 13.8. The number of ether oxygens (including phenoxy) is 2. The van der Waals surface area contributed by atoms with E-state index in [9.17, 15) is 0 Å². The Kier molecular flexibility index (Phi) is 4.83. The largest absolute Gasteiger partial charge is 0.490 e. The molecule has 0 amide bonds. The van der Waals surface area contributed by atoms with Crippen molar-refractivity contribution in [2.24, 2.45) is 5.73 Å². The van der Waals surface area contributed by atoms with Gasteiger partial charge in [0.05, 0.1) is 6.10 Å². The van der Waals surface area contributed by atoms with Crippen LogP contribution in [0.15, 0.2) is 18.2 Å². The van der Waals surface area contributed by atoms with Gasteiger partial charge in [0.15, 0.2) is 0 Å². The second-order valence-corrected chi connectivity index (χ2v) is 5.58. The van der Waals surface area contributed by atoms with Crippen molar-refractivity contribution in [3.63, 3.8) is 0 Å². The van der Waals surface area contributed by atoms with E-state index in [2.05, 4.69) is 19.1 Å². The van der Waals surface area contributed by atoms with Crippen molar-refractivity contribution in [2.45, 2.75) is 57.8 Å². The van der Waals surface area contributed by atoms with Gasteiger partial charge in [0, 0.05) is 19.6 Å². The van der Waals surface area contributed by atoms with E-state index in [-0.39, 0.29) is 12.1 Å². The van der Waals surface area contributed by atoms with Gasteiger partial charge >= 0.3 is 0 Å². The van der Waals surface area contributed by atoms with E-state index in [1.54, 1.807) is 7.11 Å². The number of nitrogens with two attached hydrogens (primary N) is 1. The smallest absolute Gasteiger partial charge is 0.122 e. The third kappa shape index (κ3) is 3.71. The molecule has 3 heteroatoms. The Hall–Kier alpha value is -1.06. The number of aryl methyl sites for hydroxylation is 1. The van der Waals surface area contributed by atoms with Gasteiger partial charge in [0.25, 0.3) is 0 Å². The molecule has 0 aliphatic heterocycles.